The third-order valence-electron chi connectivity index (χ3n) is 6.21. The van der Waals surface area contributed by atoms with Crippen LogP contribution in [0.25, 0.3) is 0 Å². The molecule has 5 heteroatoms. The van der Waals surface area contributed by atoms with Crippen molar-refractivity contribution < 1.29 is 9.90 Å². The second kappa shape index (κ2) is 9.67. The maximum Gasteiger partial charge on any atom is 0.310 e. The summed E-state index contributed by atoms with van der Waals surface area (Å²) in [6.07, 6.45) is 2.85. The molecule has 1 aliphatic rings. The van der Waals surface area contributed by atoms with Gasteiger partial charge in [-0.15, -0.1) is 0 Å². The number of para-hydroxylation sites is 2. The molecule has 158 valence electrons. The molecule has 0 saturated carbocycles. The lowest BCUT2D eigenvalue weighted by Crippen LogP contribution is -2.50. The molecule has 1 heterocycles. The van der Waals surface area contributed by atoms with Crippen LogP contribution < -0.4 is 9.80 Å². The summed E-state index contributed by atoms with van der Waals surface area (Å²) in [6, 6.07) is 18.3. The minimum absolute atomic E-state index is 0.165. The molecule has 2 aromatic rings. The minimum atomic E-state index is -0.766. The van der Waals surface area contributed by atoms with Crippen LogP contribution in [0.2, 0.25) is 0 Å². The highest BCUT2D eigenvalue weighted by atomic mass is 16.4. The highest BCUT2D eigenvalue weighted by molar-refractivity contribution is 5.81. The Kier molecular flexibility index (Phi) is 6.99. The lowest BCUT2D eigenvalue weighted by atomic mass is 9.92. The van der Waals surface area contributed by atoms with Crippen LogP contribution in [0, 0.1) is 17.2 Å². The third kappa shape index (κ3) is 4.28. The first-order valence-corrected chi connectivity index (χ1v) is 10.8. The lowest BCUT2D eigenvalue weighted by Gasteiger charge is -2.35. The Balaban J connectivity index is 1.68. The minimum Gasteiger partial charge on any atom is -0.481 e. The quantitative estimate of drug-likeness (QED) is 0.579. The van der Waals surface area contributed by atoms with Gasteiger partial charge in [0.05, 0.1) is 28.9 Å². The summed E-state index contributed by atoms with van der Waals surface area (Å²) in [7, 11) is 0. The maximum atomic E-state index is 11.8. The van der Waals surface area contributed by atoms with E-state index in [1.165, 1.54) is 0 Å². The predicted octanol–water partition coefficient (Wildman–Crippen LogP) is 5.23. The Morgan fingerprint density at radius 1 is 1.07 bits per heavy atom. The van der Waals surface area contributed by atoms with Crippen molar-refractivity contribution in [2.75, 3.05) is 22.9 Å². The molecule has 0 fully saturated rings. The number of nitriles is 1. The van der Waals surface area contributed by atoms with E-state index in [-0.39, 0.29) is 6.17 Å². The number of nitrogens with zero attached hydrogens (tertiary/aromatic N) is 3. The number of carbonyl (C=O) groups is 1. The molecule has 3 atom stereocenters. The molecular weight excluding hydrogens is 374 g/mol. The number of aliphatic carboxylic acids is 1. The molecular formula is C25H31N3O2. The van der Waals surface area contributed by atoms with Gasteiger partial charge in [0.25, 0.3) is 0 Å². The van der Waals surface area contributed by atoms with Crippen molar-refractivity contribution in [2.24, 2.45) is 5.92 Å². The van der Waals surface area contributed by atoms with Gasteiger partial charge in [-0.25, -0.2) is 0 Å². The molecule has 0 amide bonds. The molecule has 0 bridgehead atoms. The van der Waals surface area contributed by atoms with Crippen molar-refractivity contribution in [3.8, 4) is 6.07 Å². The van der Waals surface area contributed by atoms with E-state index in [0.717, 1.165) is 54.9 Å². The average molecular weight is 406 g/mol. The predicted molar refractivity (Wildman–Crippen MR) is 121 cm³/mol. The fourth-order valence-corrected chi connectivity index (χ4v) is 4.60. The van der Waals surface area contributed by atoms with Gasteiger partial charge in [-0.1, -0.05) is 43.7 Å². The van der Waals surface area contributed by atoms with E-state index in [1.807, 2.05) is 36.4 Å². The number of rotatable bonds is 9. The van der Waals surface area contributed by atoms with Crippen LogP contribution in [-0.4, -0.2) is 30.3 Å². The molecule has 1 aliphatic heterocycles. The van der Waals surface area contributed by atoms with Gasteiger partial charge in [-0.05, 0) is 56.4 Å². The summed E-state index contributed by atoms with van der Waals surface area (Å²) >= 11 is 0. The smallest absolute Gasteiger partial charge is 0.310 e. The van der Waals surface area contributed by atoms with E-state index in [9.17, 15) is 15.2 Å². The van der Waals surface area contributed by atoms with Gasteiger partial charge in [0.1, 0.15) is 6.17 Å². The first-order valence-electron chi connectivity index (χ1n) is 10.8. The van der Waals surface area contributed by atoms with Gasteiger partial charge in [0.15, 0.2) is 0 Å². The Hall–Kier alpha value is -3.00. The van der Waals surface area contributed by atoms with E-state index >= 15 is 0 Å². The van der Waals surface area contributed by atoms with Gasteiger partial charge in [0, 0.05) is 13.1 Å². The highest BCUT2D eigenvalue weighted by Gasteiger charge is 2.40. The first kappa shape index (κ1) is 21.7. The Labute approximate surface area is 179 Å². The van der Waals surface area contributed by atoms with Crippen LogP contribution in [0.3, 0.4) is 0 Å². The zero-order chi connectivity index (χ0) is 21.7. The SMILES string of the molecule is CCN1c2ccccc2N(CCCCC(C)c2ccccc2C#N)C1C(C)C(=O)O. The van der Waals surface area contributed by atoms with E-state index < -0.39 is 11.9 Å². The number of carboxylic acid groups (broad SMARTS) is 1. The number of fused-ring (bicyclic) bond motifs is 1. The number of hydrogen-bond donors (Lipinski definition) is 1. The molecule has 1 N–H and O–H groups in total. The summed E-state index contributed by atoms with van der Waals surface area (Å²) in [5, 5.41) is 19.0. The monoisotopic (exact) mass is 405 g/mol. The van der Waals surface area contributed by atoms with Crippen LogP contribution in [0.4, 0.5) is 11.4 Å². The molecule has 0 saturated heterocycles. The summed E-state index contributed by atoms with van der Waals surface area (Å²) in [5.41, 5.74) is 4.11. The molecule has 2 aromatic carbocycles. The van der Waals surface area contributed by atoms with Gasteiger partial charge in [-0.3, -0.25) is 4.79 Å². The number of benzene rings is 2. The van der Waals surface area contributed by atoms with Crippen molar-refractivity contribution in [2.45, 2.75) is 52.1 Å². The van der Waals surface area contributed by atoms with E-state index in [4.69, 9.17) is 0 Å². The Morgan fingerprint density at radius 3 is 2.33 bits per heavy atom. The van der Waals surface area contributed by atoms with Gasteiger partial charge in [0.2, 0.25) is 0 Å². The van der Waals surface area contributed by atoms with Crippen molar-refractivity contribution in [1.82, 2.24) is 0 Å². The zero-order valence-electron chi connectivity index (χ0n) is 18.1. The fraction of sp³-hybridized carbons (Fsp3) is 0.440. The lowest BCUT2D eigenvalue weighted by molar-refractivity contribution is -0.141. The van der Waals surface area contributed by atoms with Crippen molar-refractivity contribution in [3.63, 3.8) is 0 Å². The zero-order valence-corrected chi connectivity index (χ0v) is 18.1. The van der Waals surface area contributed by atoms with Crippen LogP contribution in [0.1, 0.15) is 57.1 Å². The van der Waals surface area contributed by atoms with Crippen molar-refractivity contribution >= 4 is 17.3 Å². The van der Waals surface area contributed by atoms with Crippen LogP contribution in [0.5, 0.6) is 0 Å². The topological polar surface area (TPSA) is 67.6 Å². The summed E-state index contributed by atoms with van der Waals surface area (Å²) in [5.74, 6) is -0.927. The fourth-order valence-electron chi connectivity index (χ4n) is 4.60. The van der Waals surface area contributed by atoms with Crippen molar-refractivity contribution in [3.05, 3.63) is 59.7 Å². The molecule has 3 rings (SSSR count). The normalized spacial score (nSPS) is 17.3. The van der Waals surface area contributed by atoms with E-state index in [0.29, 0.717) is 5.92 Å². The van der Waals surface area contributed by atoms with Crippen LogP contribution in [-0.2, 0) is 4.79 Å². The van der Waals surface area contributed by atoms with E-state index in [1.54, 1.807) is 6.92 Å². The van der Waals surface area contributed by atoms with E-state index in [2.05, 4.69) is 41.8 Å². The number of anilines is 2. The highest BCUT2D eigenvalue weighted by Crippen LogP contribution is 2.42. The molecule has 3 unspecified atom stereocenters. The summed E-state index contributed by atoms with van der Waals surface area (Å²) in [6.45, 7) is 7.65. The number of hydrogen-bond acceptors (Lipinski definition) is 4. The summed E-state index contributed by atoms with van der Waals surface area (Å²) in [4.78, 5) is 16.3. The van der Waals surface area contributed by atoms with Crippen LogP contribution >= 0.6 is 0 Å². The third-order valence-corrected chi connectivity index (χ3v) is 6.21. The molecule has 5 nitrogen and oxygen atoms in total. The standard InChI is InChI=1S/C25H31N3O2/c1-4-27-22-14-7-8-15-23(22)28(24(27)19(3)25(29)30)16-10-9-11-18(2)21-13-6-5-12-20(21)17-26/h5-8,12-15,18-19,24H,4,9-11,16H2,1-3H3,(H,29,30). The van der Waals surface area contributed by atoms with Gasteiger partial charge < -0.3 is 14.9 Å². The number of carboxylic acids is 1. The Bertz CT molecular complexity index is 921. The average Bonchev–Trinajstić information content (AvgIpc) is 3.09. The maximum absolute atomic E-state index is 11.8. The second-order valence-corrected chi connectivity index (χ2v) is 8.10. The van der Waals surface area contributed by atoms with Crippen molar-refractivity contribution in [1.29, 1.82) is 5.26 Å². The number of unbranched alkanes of at least 4 members (excludes halogenated alkanes) is 1. The largest absolute Gasteiger partial charge is 0.481 e. The molecule has 0 aliphatic carbocycles. The second-order valence-electron chi connectivity index (χ2n) is 8.10. The van der Waals surface area contributed by atoms with Gasteiger partial charge >= 0.3 is 5.97 Å². The summed E-state index contributed by atoms with van der Waals surface area (Å²) < 4.78 is 0. The molecule has 30 heavy (non-hydrogen) atoms. The van der Waals surface area contributed by atoms with Gasteiger partial charge in [-0.2, -0.15) is 5.26 Å². The first-order chi connectivity index (χ1) is 14.5. The molecule has 0 radical (unpaired) electrons. The molecule has 0 spiro atoms. The Morgan fingerprint density at radius 2 is 1.70 bits per heavy atom. The van der Waals surface area contributed by atoms with Crippen LogP contribution in [0.15, 0.2) is 48.5 Å². The molecule has 0 aromatic heterocycles.